The lowest BCUT2D eigenvalue weighted by Gasteiger charge is -2.08. The van der Waals surface area contributed by atoms with Gasteiger partial charge in [-0.05, 0) is 23.8 Å². The third kappa shape index (κ3) is 2.83. The molecule has 0 amide bonds. The first kappa shape index (κ1) is 13.5. The summed E-state index contributed by atoms with van der Waals surface area (Å²) in [6.45, 7) is -0.197. The summed E-state index contributed by atoms with van der Waals surface area (Å²) in [7, 11) is 0. The van der Waals surface area contributed by atoms with Crippen LogP contribution in [0.4, 0.5) is 4.39 Å². The number of rotatable bonds is 4. The summed E-state index contributed by atoms with van der Waals surface area (Å²) in [6.07, 6.45) is 0.570. The summed E-state index contributed by atoms with van der Waals surface area (Å²) >= 11 is 0. The Labute approximate surface area is 121 Å². The van der Waals surface area contributed by atoms with Gasteiger partial charge in [0.25, 0.3) is 0 Å². The molecular weight excluding hydrogens is 269 g/mol. The molecule has 2 aromatic carbocycles. The van der Waals surface area contributed by atoms with Gasteiger partial charge >= 0.3 is 0 Å². The molecule has 0 fully saturated rings. The molecule has 1 N–H and O–H groups in total. The fraction of sp³-hybridized carbons (Fsp3) is 0.125. The second-order valence-electron chi connectivity index (χ2n) is 4.69. The lowest BCUT2D eigenvalue weighted by atomic mass is 10.1. The summed E-state index contributed by atoms with van der Waals surface area (Å²) < 4.78 is 15.0. The minimum absolute atomic E-state index is 0.197. The maximum Gasteiger partial charge on any atom is 0.125 e. The predicted molar refractivity (Wildman–Crippen MR) is 76.5 cm³/mol. The predicted octanol–water partition coefficient (Wildman–Crippen LogP) is 2.49. The van der Waals surface area contributed by atoms with Crippen molar-refractivity contribution < 1.29 is 9.50 Å². The smallest absolute Gasteiger partial charge is 0.125 e. The van der Waals surface area contributed by atoms with Crippen LogP contribution in [0.5, 0.6) is 0 Å². The molecule has 0 spiro atoms. The number of hydrogen-bond donors (Lipinski definition) is 1. The van der Waals surface area contributed by atoms with E-state index in [2.05, 4.69) is 10.3 Å². The van der Waals surface area contributed by atoms with Gasteiger partial charge in [0.05, 0.1) is 18.0 Å². The highest BCUT2D eigenvalue weighted by atomic mass is 19.1. The molecule has 3 rings (SSSR count). The van der Waals surface area contributed by atoms with Gasteiger partial charge in [0.2, 0.25) is 0 Å². The van der Waals surface area contributed by atoms with E-state index in [1.54, 1.807) is 16.8 Å². The van der Waals surface area contributed by atoms with E-state index < -0.39 is 0 Å². The van der Waals surface area contributed by atoms with Crippen LogP contribution in [0.15, 0.2) is 54.6 Å². The molecule has 0 aliphatic rings. The molecule has 106 valence electrons. The maximum atomic E-state index is 13.4. The zero-order valence-electron chi connectivity index (χ0n) is 11.3. The molecule has 0 saturated heterocycles. The average Bonchev–Trinajstić information content (AvgIpc) is 2.91. The SMILES string of the molecule is OCc1nnn(-c2cccc(F)c2)c1Cc1ccccc1. The van der Waals surface area contributed by atoms with Gasteiger partial charge in [-0.15, -0.1) is 5.10 Å². The van der Waals surface area contributed by atoms with E-state index in [-0.39, 0.29) is 12.4 Å². The molecule has 0 radical (unpaired) electrons. The van der Waals surface area contributed by atoms with Crippen molar-refractivity contribution in [3.8, 4) is 5.69 Å². The molecule has 0 atom stereocenters. The van der Waals surface area contributed by atoms with E-state index in [9.17, 15) is 9.50 Å². The number of aliphatic hydroxyl groups excluding tert-OH is 1. The van der Waals surface area contributed by atoms with Crippen molar-refractivity contribution in [2.75, 3.05) is 0 Å². The highest BCUT2D eigenvalue weighted by Gasteiger charge is 2.14. The number of benzene rings is 2. The average molecular weight is 283 g/mol. The van der Waals surface area contributed by atoms with Crippen LogP contribution in [0.25, 0.3) is 5.69 Å². The number of nitrogens with zero attached hydrogens (tertiary/aromatic N) is 3. The first-order valence-corrected chi connectivity index (χ1v) is 6.62. The van der Waals surface area contributed by atoms with Crippen LogP contribution in [-0.4, -0.2) is 20.1 Å². The van der Waals surface area contributed by atoms with E-state index >= 15 is 0 Å². The molecule has 3 aromatic rings. The van der Waals surface area contributed by atoms with Crippen LogP contribution in [-0.2, 0) is 13.0 Å². The third-order valence-electron chi connectivity index (χ3n) is 3.26. The zero-order valence-corrected chi connectivity index (χ0v) is 11.3. The van der Waals surface area contributed by atoms with Gasteiger partial charge in [0.15, 0.2) is 0 Å². The highest BCUT2D eigenvalue weighted by molar-refractivity contribution is 5.35. The molecular formula is C16H14FN3O. The van der Waals surface area contributed by atoms with Gasteiger partial charge in [0, 0.05) is 6.42 Å². The number of aliphatic hydroxyl groups is 1. The number of halogens is 1. The van der Waals surface area contributed by atoms with Gasteiger partial charge in [-0.25, -0.2) is 9.07 Å². The van der Waals surface area contributed by atoms with E-state index in [1.807, 2.05) is 30.3 Å². The van der Waals surface area contributed by atoms with Crippen molar-refractivity contribution in [1.82, 2.24) is 15.0 Å². The summed E-state index contributed by atoms with van der Waals surface area (Å²) in [6, 6.07) is 16.0. The van der Waals surface area contributed by atoms with E-state index in [0.717, 1.165) is 11.3 Å². The fourth-order valence-corrected chi connectivity index (χ4v) is 2.24. The summed E-state index contributed by atoms with van der Waals surface area (Å²) in [5, 5.41) is 17.4. The van der Waals surface area contributed by atoms with Crippen molar-refractivity contribution in [3.05, 3.63) is 77.4 Å². The Hall–Kier alpha value is -2.53. The Balaban J connectivity index is 2.04. The molecule has 0 bridgehead atoms. The Morgan fingerprint density at radius 3 is 2.57 bits per heavy atom. The quantitative estimate of drug-likeness (QED) is 0.800. The van der Waals surface area contributed by atoms with Crippen LogP contribution in [0.2, 0.25) is 0 Å². The number of hydrogen-bond acceptors (Lipinski definition) is 3. The minimum atomic E-state index is -0.334. The standard InChI is InChI=1S/C16H14FN3O/c17-13-7-4-8-14(10-13)20-16(15(11-21)18-19-20)9-12-5-2-1-3-6-12/h1-8,10,21H,9,11H2. The molecule has 0 saturated carbocycles. The van der Waals surface area contributed by atoms with E-state index in [0.29, 0.717) is 17.8 Å². The van der Waals surface area contributed by atoms with Crippen molar-refractivity contribution in [1.29, 1.82) is 0 Å². The summed E-state index contributed by atoms with van der Waals surface area (Å²) in [4.78, 5) is 0. The molecule has 5 heteroatoms. The van der Waals surface area contributed by atoms with Crippen LogP contribution in [0, 0.1) is 5.82 Å². The van der Waals surface area contributed by atoms with Gasteiger partial charge in [-0.2, -0.15) is 0 Å². The van der Waals surface area contributed by atoms with Gasteiger partial charge < -0.3 is 5.11 Å². The minimum Gasteiger partial charge on any atom is -0.390 e. The molecule has 4 nitrogen and oxygen atoms in total. The monoisotopic (exact) mass is 283 g/mol. The molecule has 1 heterocycles. The lowest BCUT2D eigenvalue weighted by molar-refractivity contribution is 0.275. The van der Waals surface area contributed by atoms with Crippen molar-refractivity contribution in [3.63, 3.8) is 0 Å². The zero-order chi connectivity index (χ0) is 14.7. The molecule has 0 aliphatic carbocycles. The van der Waals surface area contributed by atoms with Crippen LogP contribution in [0.1, 0.15) is 17.0 Å². The second kappa shape index (κ2) is 5.85. The van der Waals surface area contributed by atoms with Crippen LogP contribution >= 0.6 is 0 Å². The van der Waals surface area contributed by atoms with Gasteiger partial charge in [-0.1, -0.05) is 41.6 Å². The molecule has 0 unspecified atom stereocenters. The normalized spacial score (nSPS) is 10.8. The fourth-order valence-electron chi connectivity index (χ4n) is 2.24. The molecule has 1 aromatic heterocycles. The Morgan fingerprint density at radius 2 is 1.86 bits per heavy atom. The van der Waals surface area contributed by atoms with Crippen molar-refractivity contribution >= 4 is 0 Å². The van der Waals surface area contributed by atoms with Crippen LogP contribution in [0.3, 0.4) is 0 Å². The Morgan fingerprint density at radius 1 is 1.05 bits per heavy atom. The second-order valence-corrected chi connectivity index (χ2v) is 4.69. The van der Waals surface area contributed by atoms with Crippen molar-refractivity contribution in [2.24, 2.45) is 0 Å². The van der Waals surface area contributed by atoms with Crippen molar-refractivity contribution in [2.45, 2.75) is 13.0 Å². The topological polar surface area (TPSA) is 50.9 Å². The molecule has 0 aliphatic heterocycles. The first-order chi connectivity index (χ1) is 10.3. The Kier molecular flexibility index (Phi) is 3.75. The molecule has 21 heavy (non-hydrogen) atoms. The first-order valence-electron chi connectivity index (χ1n) is 6.62. The lowest BCUT2D eigenvalue weighted by Crippen LogP contribution is -2.05. The largest absolute Gasteiger partial charge is 0.390 e. The Bertz CT molecular complexity index is 740. The third-order valence-corrected chi connectivity index (χ3v) is 3.26. The van der Waals surface area contributed by atoms with Gasteiger partial charge in [-0.3, -0.25) is 0 Å². The number of aromatic nitrogens is 3. The maximum absolute atomic E-state index is 13.4. The summed E-state index contributed by atoms with van der Waals surface area (Å²) in [5.41, 5.74) is 2.93. The highest BCUT2D eigenvalue weighted by Crippen LogP contribution is 2.17. The van der Waals surface area contributed by atoms with E-state index in [1.165, 1.54) is 12.1 Å². The van der Waals surface area contributed by atoms with Crippen LogP contribution < -0.4 is 0 Å². The van der Waals surface area contributed by atoms with Gasteiger partial charge in [0.1, 0.15) is 11.5 Å². The summed E-state index contributed by atoms with van der Waals surface area (Å²) in [5.74, 6) is -0.334. The van der Waals surface area contributed by atoms with E-state index in [4.69, 9.17) is 0 Å².